The number of hydrogen-bond acceptors (Lipinski definition) is 6. The number of benzene rings is 2. The minimum Gasteiger partial charge on any atom is -0.425 e. The minimum absolute atomic E-state index is 0.0154. The zero-order valence-corrected chi connectivity index (χ0v) is 13.4. The number of nitrogens with zero attached hydrogens (tertiary/aromatic N) is 2. The first-order chi connectivity index (χ1) is 12.0. The zero-order valence-electron chi connectivity index (χ0n) is 12.7. The third-order valence-electron chi connectivity index (χ3n) is 3.46. The van der Waals surface area contributed by atoms with E-state index in [9.17, 15) is 19.7 Å². The summed E-state index contributed by atoms with van der Waals surface area (Å²) in [7, 11) is 0. The second-order valence-corrected chi connectivity index (χ2v) is 5.49. The normalized spacial score (nSPS) is 10.8. The van der Waals surface area contributed by atoms with E-state index in [0.717, 1.165) is 6.07 Å². The first-order valence-corrected chi connectivity index (χ1v) is 7.56. The van der Waals surface area contributed by atoms with Crippen LogP contribution in [0, 0.1) is 10.1 Å². The Kier molecular flexibility index (Phi) is 4.53. The highest BCUT2D eigenvalue weighted by Crippen LogP contribution is 2.29. The summed E-state index contributed by atoms with van der Waals surface area (Å²) in [6, 6.07) is 10.4. The molecule has 0 unspecified atom stereocenters. The molecule has 0 N–H and O–H groups in total. The van der Waals surface area contributed by atoms with Gasteiger partial charge < -0.3 is 9.15 Å². The summed E-state index contributed by atoms with van der Waals surface area (Å²) in [5.41, 5.74) is 0.800. The van der Waals surface area contributed by atoms with E-state index < -0.39 is 16.6 Å². The molecule has 0 atom stereocenters. The van der Waals surface area contributed by atoms with Crippen molar-refractivity contribution in [3.63, 3.8) is 0 Å². The van der Waals surface area contributed by atoms with Gasteiger partial charge >= 0.3 is 11.7 Å². The van der Waals surface area contributed by atoms with Crippen LogP contribution in [0.2, 0.25) is 5.02 Å². The van der Waals surface area contributed by atoms with Gasteiger partial charge in [-0.1, -0.05) is 23.7 Å². The summed E-state index contributed by atoms with van der Waals surface area (Å²) in [6.07, 6.45) is -0.100. The Labute approximate surface area is 145 Å². The Morgan fingerprint density at radius 2 is 2.04 bits per heavy atom. The standard InChI is InChI=1S/C16H11ClN2O6/c17-11-9-10(19(22)23)5-6-13(11)24-15(20)7-8-18-12-3-1-2-4-14(12)25-16(18)21/h1-6,9H,7-8H2. The number of hydrogen-bond donors (Lipinski definition) is 0. The molecule has 0 aliphatic carbocycles. The number of nitro groups is 1. The predicted octanol–water partition coefficient (Wildman–Crippen LogP) is 3.15. The summed E-state index contributed by atoms with van der Waals surface area (Å²) < 4.78 is 11.5. The number of para-hydroxylation sites is 2. The lowest BCUT2D eigenvalue weighted by Crippen LogP contribution is -2.18. The Balaban J connectivity index is 1.70. The van der Waals surface area contributed by atoms with Crippen LogP contribution in [0.5, 0.6) is 5.75 Å². The van der Waals surface area contributed by atoms with E-state index in [0.29, 0.717) is 11.1 Å². The van der Waals surface area contributed by atoms with Crippen molar-refractivity contribution in [2.75, 3.05) is 0 Å². The average molecular weight is 363 g/mol. The van der Waals surface area contributed by atoms with Crippen LogP contribution in [0.3, 0.4) is 0 Å². The molecule has 0 amide bonds. The summed E-state index contributed by atoms with van der Waals surface area (Å²) in [4.78, 5) is 33.8. The third kappa shape index (κ3) is 3.53. The van der Waals surface area contributed by atoms with Crippen molar-refractivity contribution in [1.82, 2.24) is 4.57 Å². The number of ether oxygens (including phenoxy) is 1. The fourth-order valence-corrected chi connectivity index (χ4v) is 2.50. The maximum absolute atomic E-state index is 12.0. The molecule has 0 bridgehead atoms. The van der Waals surface area contributed by atoms with Gasteiger partial charge in [-0.25, -0.2) is 4.79 Å². The lowest BCUT2D eigenvalue weighted by Gasteiger charge is -2.06. The summed E-state index contributed by atoms with van der Waals surface area (Å²) in [5, 5.41) is 10.6. The van der Waals surface area contributed by atoms with Crippen molar-refractivity contribution in [2.24, 2.45) is 0 Å². The van der Waals surface area contributed by atoms with E-state index in [1.54, 1.807) is 24.3 Å². The molecule has 0 spiro atoms. The van der Waals surface area contributed by atoms with Crippen LogP contribution >= 0.6 is 11.6 Å². The summed E-state index contributed by atoms with van der Waals surface area (Å²) in [5.74, 6) is -1.18. The van der Waals surface area contributed by atoms with E-state index in [1.807, 2.05) is 0 Å². The molecule has 0 aliphatic rings. The average Bonchev–Trinajstić information content (AvgIpc) is 2.90. The first kappa shape index (κ1) is 16.7. The van der Waals surface area contributed by atoms with Crippen molar-refractivity contribution in [3.8, 4) is 5.75 Å². The van der Waals surface area contributed by atoms with Gasteiger partial charge in [-0.15, -0.1) is 0 Å². The number of non-ortho nitro benzene ring substituents is 1. The number of rotatable bonds is 5. The lowest BCUT2D eigenvalue weighted by atomic mass is 10.3. The molecule has 2 aromatic carbocycles. The molecule has 1 heterocycles. The zero-order chi connectivity index (χ0) is 18.0. The molecular weight excluding hydrogens is 352 g/mol. The van der Waals surface area contributed by atoms with E-state index in [1.165, 1.54) is 16.7 Å². The van der Waals surface area contributed by atoms with Gasteiger partial charge in [0.2, 0.25) is 0 Å². The molecule has 3 rings (SSSR count). The monoisotopic (exact) mass is 362 g/mol. The Morgan fingerprint density at radius 3 is 2.76 bits per heavy atom. The van der Waals surface area contributed by atoms with Crippen LogP contribution in [0.1, 0.15) is 6.42 Å². The van der Waals surface area contributed by atoms with Crippen LogP contribution in [0.4, 0.5) is 5.69 Å². The largest absolute Gasteiger partial charge is 0.425 e. The van der Waals surface area contributed by atoms with Crippen molar-refractivity contribution in [1.29, 1.82) is 0 Å². The summed E-state index contributed by atoms with van der Waals surface area (Å²) in [6.45, 7) is 0.0687. The van der Waals surface area contributed by atoms with E-state index in [4.69, 9.17) is 20.8 Å². The quantitative estimate of drug-likeness (QED) is 0.299. The number of carbonyl (C=O) groups excluding carboxylic acids is 1. The Bertz CT molecular complexity index is 1020. The second kappa shape index (κ2) is 6.78. The number of oxazole rings is 1. The second-order valence-electron chi connectivity index (χ2n) is 5.08. The molecule has 25 heavy (non-hydrogen) atoms. The number of halogens is 1. The molecule has 8 nitrogen and oxygen atoms in total. The fourth-order valence-electron chi connectivity index (χ4n) is 2.29. The van der Waals surface area contributed by atoms with Crippen molar-refractivity contribution in [3.05, 3.63) is 68.2 Å². The van der Waals surface area contributed by atoms with Gasteiger partial charge in [0, 0.05) is 18.7 Å². The maximum Gasteiger partial charge on any atom is 0.419 e. The fraction of sp³-hybridized carbons (Fsp3) is 0.125. The highest BCUT2D eigenvalue weighted by Gasteiger charge is 2.15. The number of aryl methyl sites for hydroxylation is 1. The van der Waals surface area contributed by atoms with Crippen LogP contribution in [0.15, 0.2) is 51.7 Å². The minimum atomic E-state index is -0.632. The highest BCUT2D eigenvalue weighted by molar-refractivity contribution is 6.32. The molecule has 0 saturated heterocycles. The number of nitro benzene ring substituents is 1. The van der Waals surface area contributed by atoms with Crippen LogP contribution < -0.4 is 10.5 Å². The Morgan fingerprint density at radius 1 is 1.28 bits per heavy atom. The predicted molar refractivity (Wildman–Crippen MR) is 88.8 cm³/mol. The molecule has 0 saturated carbocycles. The van der Waals surface area contributed by atoms with Gasteiger partial charge in [-0.2, -0.15) is 0 Å². The molecule has 0 aliphatic heterocycles. The van der Waals surface area contributed by atoms with Crippen molar-refractivity contribution < 1.29 is 18.9 Å². The van der Waals surface area contributed by atoms with Crippen molar-refractivity contribution in [2.45, 2.75) is 13.0 Å². The topological polar surface area (TPSA) is 105 Å². The van der Waals surface area contributed by atoms with E-state index in [2.05, 4.69) is 0 Å². The molecule has 0 radical (unpaired) electrons. The van der Waals surface area contributed by atoms with Crippen LogP contribution in [0.25, 0.3) is 11.1 Å². The van der Waals surface area contributed by atoms with Gasteiger partial charge in [-0.3, -0.25) is 19.5 Å². The number of fused-ring (bicyclic) bond motifs is 1. The van der Waals surface area contributed by atoms with Gasteiger partial charge in [-0.05, 0) is 18.2 Å². The molecule has 9 heteroatoms. The number of carbonyl (C=O) groups is 1. The highest BCUT2D eigenvalue weighted by atomic mass is 35.5. The van der Waals surface area contributed by atoms with Gasteiger partial charge in [0.15, 0.2) is 5.58 Å². The van der Waals surface area contributed by atoms with E-state index in [-0.39, 0.29) is 29.4 Å². The summed E-state index contributed by atoms with van der Waals surface area (Å²) >= 11 is 5.87. The maximum atomic E-state index is 12.0. The molecule has 0 fully saturated rings. The molecular formula is C16H11ClN2O6. The smallest absolute Gasteiger partial charge is 0.419 e. The number of esters is 1. The SMILES string of the molecule is O=C(CCn1c(=O)oc2ccccc21)Oc1ccc([N+](=O)[O-])cc1Cl. The van der Waals surface area contributed by atoms with E-state index >= 15 is 0 Å². The first-order valence-electron chi connectivity index (χ1n) is 7.18. The number of aromatic nitrogens is 1. The van der Waals surface area contributed by atoms with Crippen LogP contribution in [-0.4, -0.2) is 15.5 Å². The van der Waals surface area contributed by atoms with Gasteiger partial charge in [0.25, 0.3) is 5.69 Å². The van der Waals surface area contributed by atoms with Gasteiger partial charge in [0.05, 0.1) is 21.9 Å². The molecule has 3 aromatic rings. The molecule has 128 valence electrons. The van der Waals surface area contributed by atoms with Crippen molar-refractivity contribution >= 4 is 34.4 Å². The Hall–Kier alpha value is -3.13. The van der Waals surface area contributed by atoms with Gasteiger partial charge in [0.1, 0.15) is 5.75 Å². The lowest BCUT2D eigenvalue weighted by molar-refractivity contribution is -0.384. The third-order valence-corrected chi connectivity index (χ3v) is 3.76. The molecule has 1 aromatic heterocycles. The van der Waals surface area contributed by atoms with Crippen LogP contribution in [-0.2, 0) is 11.3 Å².